The number of primary amides is 1. The summed E-state index contributed by atoms with van der Waals surface area (Å²) >= 11 is 0. The molecule has 5 nitrogen and oxygen atoms in total. The number of nitrogens with one attached hydrogen (secondary N) is 1. The molecule has 2 aliphatic heterocycles. The van der Waals surface area contributed by atoms with Crippen LogP contribution in [-0.2, 0) is 11.2 Å². The third kappa shape index (κ3) is 3.61. The van der Waals surface area contributed by atoms with Crippen LogP contribution < -0.4 is 11.1 Å². The van der Waals surface area contributed by atoms with Crippen molar-refractivity contribution in [3.63, 3.8) is 0 Å². The number of carbonyl (C=O) groups is 2. The molecule has 0 aromatic heterocycles. The Morgan fingerprint density at radius 1 is 1.33 bits per heavy atom. The van der Waals surface area contributed by atoms with Gasteiger partial charge in [-0.3, -0.25) is 9.59 Å². The van der Waals surface area contributed by atoms with Crippen molar-refractivity contribution >= 4 is 11.8 Å². The van der Waals surface area contributed by atoms with Gasteiger partial charge < -0.3 is 16.0 Å². The molecule has 24 heavy (non-hydrogen) atoms. The topological polar surface area (TPSA) is 75.4 Å². The minimum Gasteiger partial charge on any atom is -0.366 e. The second kappa shape index (κ2) is 6.93. The van der Waals surface area contributed by atoms with Crippen LogP contribution in [0.15, 0.2) is 24.3 Å². The van der Waals surface area contributed by atoms with Gasteiger partial charge >= 0.3 is 0 Å². The van der Waals surface area contributed by atoms with Crippen molar-refractivity contribution in [3.05, 3.63) is 35.4 Å². The van der Waals surface area contributed by atoms with E-state index in [-0.39, 0.29) is 11.3 Å². The van der Waals surface area contributed by atoms with Crippen LogP contribution in [0.4, 0.5) is 0 Å². The summed E-state index contributed by atoms with van der Waals surface area (Å²) in [4.78, 5) is 26.3. The van der Waals surface area contributed by atoms with Crippen LogP contribution in [0.25, 0.3) is 0 Å². The zero-order chi connectivity index (χ0) is 17.2. The van der Waals surface area contributed by atoms with Gasteiger partial charge in [0.2, 0.25) is 11.8 Å². The van der Waals surface area contributed by atoms with Crippen LogP contribution in [-0.4, -0.2) is 42.9 Å². The molecule has 0 saturated carbocycles. The van der Waals surface area contributed by atoms with Crippen molar-refractivity contribution in [2.75, 3.05) is 26.2 Å². The summed E-state index contributed by atoms with van der Waals surface area (Å²) in [6, 6.07) is 7.53. The molecule has 0 aliphatic carbocycles. The third-order valence-electron chi connectivity index (χ3n) is 5.53. The molecule has 3 N–H and O–H groups in total. The van der Waals surface area contributed by atoms with E-state index in [0.717, 1.165) is 57.4 Å². The smallest absolute Gasteiger partial charge is 0.248 e. The fourth-order valence-electron chi connectivity index (χ4n) is 3.94. The van der Waals surface area contributed by atoms with Gasteiger partial charge in [-0.05, 0) is 62.4 Å². The lowest BCUT2D eigenvalue weighted by atomic mass is 9.79. The molecule has 2 aliphatic rings. The molecule has 0 spiro atoms. The van der Waals surface area contributed by atoms with Crippen molar-refractivity contribution in [1.82, 2.24) is 10.2 Å². The molecule has 2 amide bonds. The number of piperidine rings is 1. The van der Waals surface area contributed by atoms with E-state index in [9.17, 15) is 9.59 Å². The summed E-state index contributed by atoms with van der Waals surface area (Å²) in [6.07, 6.45) is 3.77. The van der Waals surface area contributed by atoms with Crippen molar-refractivity contribution < 1.29 is 9.59 Å². The normalized spacial score (nSPS) is 23.2. The van der Waals surface area contributed by atoms with Gasteiger partial charge in [0, 0.05) is 24.1 Å². The molecular weight excluding hydrogens is 302 g/mol. The highest BCUT2D eigenvalue weighted by atomic mass is 16.2. The fraction of sp³-hybridized carbons (Fsp3) is 0.579. The van der Waals surface area contributed by atoms with Crippen LogP contribution in [0, 0.1) is 11.3 Å². The maximum Gasteiger partial charge on any atom is 0.248 e. The first kappa shape index (κ1) is 17.0. The van der Waals surface area contributed by atoms with Crippen molar-refractivity contribution in [2.45, 2.75) is 32.6 Å². The number of nitrogens with zero attached hydrogens (tertiary/aromatic N) is 1. The van der Waals surface area contributed by atoms with E-state index in [0.29, 0.717) is 17.4 Å². The molecule has 3 rings (SSSR count). The summed E-state index contributed by atoms with van der Waals surface area (Å²) in [6.45, 7) is 5.64. The molecule has 2 fully saturated rings. The minimum atomic E-state index is -0.390. The first-order chi connectivity index (χ1) is 11.5. The molecule has 0 bridgehead atoms. The summed E-state index contributed by atoms with van der Waals surface area (Å²) in [5.74, 6) is 0.388. The second-order valence-electron chi connectivity index (χ2n) is 7.49. The SMILES string of the molecule is CC1(C(=O)N2CCC(Cc3cccc(C(N)=O)c3)C2)CCNCC1. The number of hydrogen-bond donors (Lipinski definition) is 2. The highest BCUT2D eigenvalue weighted by Crippen LogP contribution is 2.33. The van der Waals surface area contributed by atoms with Gasteiger partial charge in [0.05, 0.1) is 0 Å². The zero-order valence-corrected chi connectivity index (χ0v) is 14.4. The van der Waals surface area contributed by atoms with Gasteiger partial charge in [0.25, 0.3) is 0 Å². The standard InChI is InChI=1S/C19H27N3O2/c1-19(6-8-21-9-7-19)18(24)22-10-5-15(13-22)11-14-3-2-4-16(12-14)17(20)23/h2-4,12,15,21H,5-11,13H2,1H3,(H2,20,23). The predicted molar refractivity (Wildman–Crippen MR) is 93.6 cm³/mol. The summed E-state index contributed by atoms with van der Waals surface area (Å²) in [5, 5.41) is 3.33. The van der Waals surface area contributed by atoms with Crippen molar-refractivity contribution in [3.8, 4) is 0 Å². The van der Waals surface area contributed by atoms with E-state index in [1.54, 1.807) is 6.07 Å². The molecule has 1 atom stereocenters. The average Bonchev–Trinajstić information content (AvgIpc) is 3.03. The van der Waals surface area contributed by atoms with Crippen LogP contribution in [0.2, 0.25) is 0 Å². The first-order valence-electron chi connectivity index (χ1n) is 8.87. The number of rotatable bonds is 4. The lowest BCUT2D eigenvalue weighted by Gasteiger charge is -2.36. The monoisotopic (exact) mass is 329 g/mol. The van der Waals surface area contributed by atoms with Crippen LogP contribution >= 0.6 is 0 Å². The van der Waals surface area contributed by atoms with Crippen molar-refractivity contribution in [2.24, 2.45) is 17.1 Å². The Kier molecular flexibility index (Phi) is 4.90. The van der Waals surface area contributed by atoms with Gasteiger partial charge in [-0.15, -0.1) is 0 Å². The average molecular weight is 329 g/mol. The maximum absolute atomic E-state index is 12.9. The summed E-state index contributed by atoms with van der Waals surface area (Å²) < 4.78 is 0. The summed E-state index contributed by atoms with van der Waals surface area (Å²) in [5.41, 5.74) is 6.83. The molecule has 2 saturated heterocycles. The van der Waals surface area contributed by atoms with E-state index in [1.807, 2.05) is 23.1 Å². The lowest BCUT2D eigenvalue weighted by molar-refractivity contribution is -0.141. The number of likely N-dealkylation sites (tertiary alicyclic amines) is 1. The first-order valence-corrected chi connectivity index (χ1v) is 8.87. The van der Waals surface area contributed by atoms with Gasteiger partial charge in [-0.25, -0.2) is 0 Å². The Morgan fingerprint density at radius 3 is 2.79 bits per heavy atom. The van der Waals surface area contributed by atoms with E-state index in [4.69, 9.17) is 5.73 Å². The maximum atomic E-state index is 12.9. The quantitative estimate of drug-likeness (QED) is 0.880. The van der Waals surface area contributed by atoms with Crippen LogP contribution in [0.1, 0.15) is 42.1 Å². The number of amides is 2. The highest BCUT2D eigenvalue weighted by molar-refractivity contribution is 5.92. The van der Waals surface area contributed by atoms with E-state index in [1.165, 1.54) is 0 Å². The number of benzene rings is 1. The van der Waals surface area contributed by atoms with Gasteiger partial charge in [-0.1, -0.05) is 19.1 Å². The lowest BCUT2D eigenvalue weighted by Crippen LogP contribution is -2.47. The van der Waals surface area contributed by atoms with Gasteiger partial charge in [0.1, 0.15) is 0 Å². The number of hydrogen-bond acceptors (Lipinski definition) is 3. The summed E-state index contributed by atoms with van der Waals surface area (Å²) in [7, 11) is 0. The highest BCUT2D eigenvalue weighted by Gasteiger charge is 2.39. The zero-order valence-electron chi connectivity index (χ0n) is 14.4. The van der Waals surface area contributed by atoms with Gasteiger partial charge in [-0.2, -0.15) is 0 Å². The minimum absolute atomic E-state index is 0.202. The Bertz CT molecular complexity index is 623. The Balaban J connectivity index is 1.60. The Hall–Kier alpha value is -1.88. The fourth-order valence-corrected chi connectivity index (χ4v) is 3.94. The molecule has 2 heterocycles. The second-order valence-corrected chi connectivity index (χ2v) is 7.49. The molecule has 1 unspecified atom stereocenters. The number of nitrogens with two attached hydrogens (primary N) is 1. The molecule has 1 aromatic rings. The van der Waals surface area contributed by atoms with E-state index < -0.39 is 0 Å². The van der Waals surface area contributed by atoms with Gasteiger partial charge in [0.15, 0.2) is 0 Å². The molecular formula is C19H27N3O2. The Labute approximate surface area is 143 Å². The molecule has 130 valence electrons. The van der Waals surface area contributed by atoms with Crippen LogP contribution in [0.3, 0.4) is 0 Å². The van der Waals surface area contributed by atoms with E-state index in [2.05, 4.69) is 12.2 Å². The third-order valence-corrected chi connectivity index (χ3v) is 5.53. The number of carbonyl (C=O) groups excluding carboxylic acids is 2. The molecule has 0 radical (unpaired) electrons. The predicted octanol–water partition coefficient (Wildman–Crippen LogP) is 1.57. The molecule has 5 heteroatoms. The van der Waals surface area contributed by atoms with E-state index >= 15 is 0 Å². The van der Waals surface area contributed by atoms with Crippen LogP contribution in [0.5, 0.6) is 0 Å². The molecule has 1 aromatic carbocycles. The Morgan fingerprint density at radius 2 is 2.08 bits per heavy atom. The largest absolute Gasteiger partial charge is 0.366 e. The van der Waals surface area contributed by atoms with Crippen molar-refractivity contribution in [1.29, 1.82) is 0 Å².